The molecule has 2 saturated heterocycles. The van der Waals surface area contributed by atoms with Gasteiger partial charge in [-0.25, -0.2) is 8.78 Å². The van der Waals surface area contributed by atoms with Crippen molar-refractivity contribution < 1.29 is 27.8 Å². The van der Waals surface area contributed by atoms with Gasteiger partial charge in [-0.3, -0.25) is 4.79 Å². The zero-order valence-electron chi connectivity index (χ0n) is 13.1. The Kier molecular flexibility index (Phi) is 3.92. The summed E-state index contributed by atoms with van der Waals surface area (Å²) in [7, 11) is 0. The predicted octanol–water partition coefficient (Wildman–Crippen LogP) is 2.10. The van der Waals surface area contributed by atoms with E-state index in [-0.39, 0.29) is 24.5 Å². The molecule has 130 valence electrons. The number of rotatable bonds is 3. The van der Waals surface area contributed by atoms with Gasteiger partial charge in [-0.05, 0) is 30.7 Å². The zero-order chi connectivity index (χ0) is 16.7. The molecule has 7 heteroatoms. The van der Waals surface area contributed by atoms with Crippen molar-refractivity contribution in [1.82, 2.24) is 4.90 Å². The molecule has 3 unspecified atom stereocenters. The van der Waals surface area contributed by atoms with Gasteiger partial charge in [-0.2, -0.15) is 0 Å². The molecular formula is C17H19F2NO4. The Labute approximate surface area is 138 Å². The zero-order valence-corrected chi connectivity index (χ0v) is 13.1. The van der Waals surface area contributed by atoms with Crippen LogP contribution in [0, 0.1) is 0 Å². The van der Waals surface area contributed by atoms with Gasteiger partial charge in [0, 0.05) is 18.7 Å². The number of halogens is 2. The molecule has 1 saturated carbocycles. The molecule has 1 aromatic carbocycles. The van der Waals surface area contributed by atoms with Crippen LogP contribution in [0.15, 0.2) is 24.3 Å². The first-order valence-corrected chi connectivity index (χ1v) is 8.19. The van der Waals surface area contributed by atoms with Crippen LogP contribution in [-0.2, 0) is 9.47 Å². The Bertz CT molecular complexity index is 620. The van der Waals surface area contributed by atoms with Crippen LogP contribution in [-0.4, -0.2) is 61.3 Å². The number of hydrogen-bond donors (Lipinski definition) is 0. The molecule has 2 aliphatic heterocycles. The van der Waals surface area contributed by atoms with Crippen molar-refractivity contribution in [1.29, 1.82) is 0 Å². The highest BCUT2D eigenvalue weighted by Crippen LogP contribution is 2.44. The van der Waals surface area contributed by atoms with Gasteiger partial charge >= 0.3 is 0 Å². The Morgan fingerprint density at radius 3 is 2.71 bits per heavy atom. The average Bonchev–Trinajstić information content (AvgIpc) is 3.20. The van der Waals surface area contributed by atoms with E-state index in [1.807, 2.05) is 0 Å². The highest BCUT2D eigenvalue weighted by molar-refractivity contribution is 5.94. The van der Waals surface area contributed by atoms with Crippen LogP contribution in [0.3, 0.4) is 0 Å². The minimum Gasteiger partial charge on any atom is -0.484 e. The number of ether oxygens (including phenoxy) is 3. The lowest BCUT2D eigenvalue weighted by Crippen LogP contribution is -2.57. The maximum atomic E-state index is 12.9. The van der Waals surface area contributed by atoms with E-state index in [0.29, 0.717) is 37.7 Å². The number of fused-ring (bicyclic) bond motifs is 1. The largest absolute Gasteiger partial charge is 0.484 e. The summed E-state index contributed by atoms with van der Waals surface area (Å²) < 4.78 is 42.2. The van der Waals surface area contributed by atoms with Crippen LogP contribution in [0.1, 0.15) is 23.2 Å². The molecule has 0 bridgehead atoms. The molecule has 3 aliphatic rings. The van der Waals surface area contributed by atoms with Gasteiger partial charge in [-0.1, -0.05) is 0 Å². The second kappa shape index (κ2) is 5.97. The summed E-state index contributed by atoms with van der Waals surface area (Å²) in [5.74, 6) is -2.46. The molecule has 1 amide bonds. The van der Waals surface area contributed by atoms with E-state index in [0.717, 1.165) is 6.42 Å². The smallest absolute Gasteiger partial charge is 0.288 e. The van der Waals surface area contributed by atoms with Crippen LogP contribution >= 0.6 is 0 Å². The summed E-state index contributed by atoms with van der Waals surface area (Å²) in [6, 6.07) is 6.30. The second-order valence-corrected chi connectivity index (χ2v) is 6.43. The fourth-order valence-corrected chi connectivity index (χ4v) is 3.23. The number of amides is 1. The maximum absolute atomic E-state index is 12.9. The van der Waals surface area contributed by atoms with Crippen LogP contribution in [0.25, 0.3) is 0 Å². The highest BCUT2D eigenvalue weighted by Gasteiger charge is 2.59. The third kappa shape index (κ3) is 2.98. The molecule has 5 nitrogen and oxygen atoms in total. The molecule has 2 heterocycles. The summed E-state index contributed by atoms with van der Waals surface area (Å²) in [6.45, 7) is 2.18. The average molecular weight is 339 g/mol. The second-order valence-electron chi connectivity index (χ2n) is 6.43. The Morgan fingerprint density at radius 1 is 1.25 bits per heavy atom. The fourth-order valence-electron chi connectivity index (χ4n) is 3.23. The van der Waals surface area contributed by atoms with Gasteiger partial charge in [0.15, 0.2) is 6.10 Å². The van der Waals surface area contributed by atoms with Crippen LogP contribution in [0.5, 0.6) is 5.75 Å². The first kappa shape index (κ1) is 15.8. The molecule has 0 radical (unpaired) electrons. The fraction of sp³-hybridized carbons (Fsp3) is 0.588. The quantitative estimate of drug-likeness (QED) is 0.846. The van der Waals surface area contributed by atoms with Crippen molar-refractivity contribution >= 4 is 5.91 Å². The standard InChI is InChI=1S/C17H19F2NO4/c18-17(19)9-15(17)24-12-3-1-11(2-4-12)16(21)20-6-8-23-14-5-7-22-10-13(14)20/h1-4,13-15H,5-10H2. The minimum atomic E-state index is -2.72. The van der Waals surface area contributed by atoms with Gasteiger partial charge in [0.05, 0.1) is 31.8 Å². The van der Waals surface area contributed by atoms with E-state index in [9.17, 15) is 13.6 Å². The van der Waals surface area contributed by atoms with Crippen LogP contribution in [0.2, 0.25) is 0 Å². The van der Waals surface area contributed by atoms with Crippen LogP contribution in [0.4, 0.5) is 8.78 Å². The molecule has 24 heavy (non-hydrogen) atoms. The van der Waals surface area contributed by atoms with E-state index in [1.165, 1.54) is 0 Å². The number of morpholine rings is 1. The Morgan fingerprint density at radius 2 is 2.00 bits per heavy atom. The normalized spacial score (nSPS) is 31.2. The maximum Gasteiger partial charge on any atom is 0.288 e. The van der Waals surface area contributed by atoms with E-state index in [4.69, 9.17) is 14.2 Å². The monoisotopic (exact) mass is 339 g/mol. The van der Waals surface area contributed by atoms with E-state index >= 15 is 0 Å². The summed E-state index contributed by atoms with van der Waals surface area (Å²) in [5.41, 5.74) is 0.510. The summed E-state index contributed by atoms with van der Waals surface area (Å²) in [6.07, 6.45) is -0.476. The van der Waals surface area contributed by atoms with Crippen molar-refractivity contribution in [3.05, 3.63) is 29.8 Å². The molecule has 4 rings (SSSR count). The lowest BCUT2D eigenvalue weighted by atomic mass is 10.0. The molecule has 3 atom stereocenters. The van der Waals surface area contributed by atoms with Crippen LogP contribution < -0.4 is 4.74 Å². The first-order valence-electron chi connectivity index (χ1n) is 8.19. The third-order valence-corrected chi connectivity index (χ3v) is 4.74. The molecule has 1 aliphatic carbocycles. The van der Waals surface area contributed by atoms with E-state index in [2.05, 4.69) is 0 Å². The SMILES string of the molecule is O=C(c1ccc(OC2CC2(F)F)cc1)N1CCOC2CCOCC21. The molecule has 1 aromatic rings. The number of carbonyl (C=O) groups excluding carboxylic acids is 1. The van der Waals surface area contributed by atoms with Gasteiger partial charge in [0.25, 0.3) is 11.8 Å². The molecular weight excluding hydrogens is 320 g/mol. The topological polar surface area (TPSA) is 48.0 Å². The molecule has 0 aromatic heterocycles. The van der Waals surface area contributed by atoms with E-state index < -0.39 is 12.0 Å². The Hall–Kier alpha value is -1.73. The molecule has 0 spiro atoms. The number of carbonyl (C=O) groups is 1. The van der Waals surface area contributed by atoms with Gasteiger partial charge < -0.3 is 19.1 Å². The van der Waals surface area contributed by atoms with Gasteiger partial charge in [0.1, 0.15) is 5.75 Å². The van der Waals surface area contributed by atoms with Crippen molar-refractivity contribution in [3.8, 4) is 5.75 Å². The van der Waals surface area contributed by atoms with Crippen molar-refractivity contribution in [3.63, 3.8) is 0 Å². The number of nitrogens with zero attached hydrogens (tertiary/aromatic N) is 1. The lowest BCUT2D eigenvalue weighted by Gasteiger charge is -2.43. The van der Waals surface area contributed by atoms with Gasteiger partial charge in [-0.15, -0.1) is 0 Å². The van der Waals surface area contributed by atoms with Crippen molar-refractivity contribution in [2.24, 2.45) is 0 Å². The van der Waals surface area contributed by atoms with Crippen molar-refractivity contribution in [2.45, 2.75) is 37.0 Å². The third-order valence-electron chi connectivity index (χ3n) is 4.74. The number of hydrogen-bond acceptors (Lipinski definition) is 4. The summed E-state index contributed by atoms with van der Waals surface area (Å²) in [4.78, 5) is 14.5. The Balaban J connectivity index is 1.44. The van der Waals surface area contributed by atoms with E-state index in [1.54, 1.807) is 29.2 Å². The minimum absolute atomic E-state index is 0.0242. The lowest BCUT2D eigenvalue weighted by molar-refractivity contribution is -0.119. The van der Waals surface area contributed by atoms with Crippen molar-refractivity contribution in [2.75, 3.05) is 26.4 Å². The first-order chi connectivity index (χ1) is 11.5. The summed E-state index contributed by atoms with van der Waals surface area (Å²) in [5, 5.41) is 0. The number of benzene rings is 1. The highest BCUT2D eigenvalue weighted by atomic mass is 19.3. The number of alkyl halides is 2. The predicted molar refractivity (Wildman–Crippen MR) is 80.4 cm³/mol. The van der Waals surface area contributed by atoms with Gasteiger partial charge in [0.2, 0.25) is 0 Å². The summed E-state index contributed by atoms with van der Waals surface area (Å²) >= 11 is 0. The molecule has 3 fully saturated rings. The molecule has 0 N–H and O–H groups in total.